The van der Waals surface area contributed by atoms with E-state index in [1.807, 2.05) is 49.4 Å². The van der Waals surface area contributed by atoms with E-state index in [-0.39, 0.29) is 30.0 Å². The maximum Gasteiger partial charge on any atom is 0.200 e. The summed E-state index contributed by atoms with van der Waals surface area (Å²) in [5, 5.41) is 9.84. The molecule has 0 saturated carbocycles. The number of nitrogens with one attached hydrogen (secondary N) is 2. The first kappa shape index (κ1) is 17.4. The van der Waals surface area contributed by atoms with Crippen molar-refractivity contribution in [3.8, 4) is 11.8 Å². The monoisotopic (exact) mass is 362 g/mol. The molecule has 4 rings (SSSR count). The van der Waals surface area contributed by atoms with Crippen LogP contribution in [0.25, 0.3) is 0 Å². The van der Waals surface area contributed by atoms with Crippen molar-refractivity contribution < 1.29 is 9.47 Å². The average Bonchev–Trinajstić information content (AvgIpc) is 3.12. The Bertz CT molecular complexity index is 891. The van der Waals surface area contributed by atoms with E-state index in [9.17, 15) is 5.26 Å². The van der Waals surface area contributed by atoms with Crippen LogP contribution in [-0.2, 0) is 4.74 Å². The van der Waals surface area contributed by atoms with Gasteiger partial charge < -0.3 is 15.2 Å². The number of rotatable bonds is 4. The minimum atomic E-state index is -0.341. The fourth-order valence-electron chi connectivity index (χ4n) is 4.04. The number of fused-ring (bicyclic) bond motifs is 1. The van der Waals surface area contributed by atoms with Gasteiger partial charge in [-0.25, -0.2) is 10.9 Å². The lowest BCUT2D eigenvalue weighted by Gasteiger charge is -2.36. The minimum absolute atomic E-state index is 0.0349. The third-order valence-corrected chi connectivity index (χ3v) is 5.16. The second-order valence-corrected chi connectivity index (χ2v) is 6.63. The molecule has 4 unspecified atom stereocenters. The molecule has 2 aliphatic rings. The van der Waals surface area contributed by atoms with Crippen molar-refractivity contribution >= 4 is 0 Å². The molecular weight excluding hydrogens is 340 g/mol. The van der Waals surface area contributed by atoms with Crippen LogP contribution in [0.3, 0.4) is 0 Å². The summed E-state index contributed by atoms with van der Waals surface area (Å²) in [5.41, 5.74) is 15.1. The lowest BCUT2D eigenvalue weighted by Crippen LogP contribution is -2.41. The van der Waals surface area contributed by atoms with Crippen LogP contribution in [-0.4, -0.2) is 12.8 Å². The quantitative estimate of drug-likeness (QED) is 0.774. The van der Waals surface area contributed by atoms with Gasteiger partial charge in [0.25, 0.3) is 0 Å². The van der Waals surface area contributed by atoms with Gasteiger partial charge in [-0.2, -0.15) is 5.26 Å². The smallest absolute Gasteiger partial charge is 0.200 e. The molecule has 27 heavy (non-hydrogen) atoms. The summed E-state index contributed by atoms with van der Waals surface area (Å²) in [6.45, 7) is 2.50. The van der Waals surface area contributed by atoms with E-state index < -0.39 is 0 Å². The first-order chi connectivity index (χ1) is 13.2. The molecule has 2 aromatic carbocycles. The van der Waals surface area contributed by atoms with Crippen LogP contribution in [0.1, 0.15) is 30.0 Å². The van der Waals surface area contributed by atoms with E-state index in [0.29, 0.717) is 12.2 Å². The molecule has 0 amide bonds. The number of nitrogens with zero attached hydrogens (tertiary/aromatic N) is 1. The zero-order chi connectivity index (χ0) is 18.8. The van der Waals surface area contributed by atoms with Gasteiger partial charge in [-0.1, -0.05) is 48.5 Å². The van der Waals surface area contributed by atoms with Crippen LogP contribution in [0.15, 0.2) is 66.1 Å². The molecule has 2 heterocycles. The molecule has 0 aliphatic carbocycles. The van der Waals surface area contributed by atoms with Crippen molar-refractivity contribution in [3.63, 3.8) is 0 Å². The van der Waals surface area contributed by atoms with E-state index >= 15 is 0 Å². The van der Waals surface area contributed by atoms with E-state index in [0.717, 1.165) is 16.9 Å². The van der Waals surface area contributed by atoms with Crippen molar-refractivity contribution in [2.24, 2.45) is 11.7 Å². The molecule has 6 heteroatoms. The highest BCUT2D eigenvalue weighted by atomic mass is 16.5. The molecule has 2 aromatic rings. The Morgan fingerprint density at radius 3 is 2.59 bits per heavy atom. The lowest BCUT2D eigenvalue weighted by atomic mass is 9.74. The van der Waals surface area contributed by atoms with Gasteiger partial charge in [0.15, 0.2) is 6.23 Å². The first-order valence-electron chi connectivity index (χ1n) is 9.08. The van der Waals surface area contributed by atoms with Crippen molar-refractivity contribution in [1.82, 2.24) is 10.9 Å². The Labute approximate surface area is 158 Å². The highest BCUT2D eigenvalue weighted by molar-refractivity contribution is 5.48. The largest absolute Gasteiger partial charge is 0.494 e. The molecule has 4 N–H and O–H groups in total. The molecule has 6 nitrogen and oxygen atoms in total. The van der Waals surface area contributed by atoms with Crippen LogP contribution in [0.2, 0.25) is 0 Å². The number of benzene rings is 2. The van der Waals surface area contributed by atoms with Crippen LogP contribution in [0, 0.1) is 17.2 Å². The van der Waals surface area contributed by atoms with E-state index in [1.54, 1.807) is 0 Å². The molecule has 1 saturated heterocycles. The van der Waals surface area contributed by atoms with Crippen LogP contribution in [0.5, 0.6) is 5.75 Å². The molecule has 0 spiro atoms. The van der Waals surface area contributed by atoms with Crippen molar-refractivity contribution in [2.45, 2.75) is 25.1 Å². The summed E-state index contributed by atoms with van der Waals surface area (Å²) in [7, 11) is 0. The van der Waals surface area contributed by atoms with Gasteiger partial charge in [0.2, 0.25) is 5.88 Å². The van der Waals surface area contributed by atoms with E-state index in [2.05, 4.69) is 29.1 Å². The molecule has 1 fully saturated rings. The number of hydrogen-bond acceptors (Lipinski definition) is 6. The van der Waals surface area contributed by atoms with Crippen LogP contribution < -0.4 is 21.3 Å². The van der Waals surface area contributed by atoms with Gasteiger partial charge in [0.05, 0.1) is 18.2 Å². The summed E-state index contributed by atoms with van der Waals surface area (Å²) in [5.74, 6) is 0.628. The Morgan fingerprint density at radius 2 is 1.85 bits per heavy atom. The Balaban J connectivity index is 1.85. The van der Waals surface area contributed by atoms with E-state index in [1.165, 1.54) is 0 Å². The second-order valence-electron chi connectivity index (χ2n) is 6.63. The maximum absolute atomic E-state index is 9.84. The molecular formula is C21H22N4O2. The Kier molecular flexibility index (Phi) is 4.71. The van der Waals surface area contributed by atoms with Crippen molar-refractivity contribution in [3.05, 3.63) is 77.2 Å². The number of para-hydroxylation sites is 1. The lowest BCUT2D eigenvalue weighted by molar-refractivity contribution is 0.0337. The zero-order valence-corrected chi connectivity index (χ0v) is 15.1. The Hall–Kier alpha value is -3.01. The number of allylic oxidation sites excluding steroid dienone is 1. The highest BCUT2D eigenvalue weighted by Gasteiger charge is 2.49. The predicted octanol–water partition coefficient (Wildman–Crippen LogP) is 2.68. The fraction of sp³-hybridized carbons (Fsp3) is 0.286. The van der Waals surface area contributed by atoms with E-state index in [4.69, 9.17) is 15.2 Å². The van der Waals surface area contributed by atoms with Crippen LogP contribution >= 0.6 is 0 Å². The summed E-state index contributed by atoms with van der Waals surface area (Å²) >= 11 is 0. The molecule has 0 aromatic heterocycles. The van der Waals surface area contributed by atoms with Gasteiger partial charge in [-0.05, 0) is 18.6 Å². The number of hydrazine groups is 1. The molecule has 138 valence electrons. The Morgan fingerprint density at radius 1 is 1.11 bits per heavy atom. The van der Waals surface area contributed by atoms with Gasteiger partial charge in [0.1, 0.15) is 11.8 Å². The average molecular weight is 362 g/mol. The summed E-state index contributed by atoms with van der Waals surface area (Å²) in [6.07, 6.45) is -0.341. The summed E-state index contributed by atoms with van der Waals surface area (Å²) in [6, 6.07) is 20.2. The topological polar surface area (TPSA) is 92.3 Å². The second kappa shape index (κ2) is 7.31. The summed E-state index contributed by atoms with van der Waals surface area (Å²) < 4.78 is 11.7. The number of ether oxygens (including phenoxy) is 2. The van der Waals surface area contributed by atoms with Gasteiger partial charge in [-0.15, -0.1) is 0 Å². The zero-order valence-electron chi connectivity index (χ0n) is 15.1. The minimum Gasteiger partial charge on any atom is -0.494 e. The van der Waals surface area contributed by atoms with Crippen molar-refractivity contribution in [2.75, 3.05) is 6.61 Å². The molecule has 2 aliphatic heterocycles. The highest BCUT2D eigenvalue weighted by Crippen LogP contribution is 2.49. The standard InChI is InChI=1S/C21H22N4O2/c1-2-26-16-11-7-6-10-14(16)17-15(12-22)20(23)27-21-18(17)19(24-25-21)13-8-4-3-5-9-13/h3-11,17-19,21,24-25H,2,23H2,1H3. The normalized spacial score (nSPS) is 26.8. The number of nitrogens with two attached hydrogens (primary N) is 1. The fourth-order valence-corrected chi connectivity index (χ4v) is 4.04. The maximum atomic E-state index is 9.84. The van der Waals surface area contributed by atoms with Gasteiger partial charge in [0, 0.05) is 17.4 Å². The summed E-state index contributed by atoms with van der Waals surface area (Å²) in [4.78, 5) is 0. The van der Waals surface area contributed by atoms with Gasteiger partial charge in [-0.3, -0.25) is 0 Å². The number of nitriles is 1. The molecule has 4 atom stereocenters. The molecule has 0 bridgehead atoms. The van der Waals surface area contributed by atoms with Crippen molar-refractivity contribution in [1.29, 1.82) is 5.26 Å². The SMILES string of the molecule is CCOc1ccccc1C1C(C#N)=C(N)OC2NNC(c3ccccc3)C21. The third kappa shape index (κ3) is 3.01. The van der Waals surface area contributed by atoms with Crippen LogP contribution in [0.4, 0.5) is 0 Å². The number of hydrogen-bond donors (Lipinski definition) is 3. The first-order valence-corrected chi connectivity index (χ1v) is 9.08. The van der Waals surface area contributed by atoms with Gasteiger partial charge >= 0.3 is 0 Å². The predicted molar refractivity (Wildman–Crippen MR) is 101 cm³/mol. The molecule has 0 radical (unpaired) electrons. The third-order valence-electron chi connectivity index (χ3n) is 5.16.